The maximum Gasteiger partial charge on any atom is 0.305 e. The highest BCUT2D eigenvalue weighted by atomic mass is 16.7. The molecule has 4 aromatic rings. The molecule has 216 valence electrons. The second-order valence-corrected chi connectivity index (χ2v) is 10.5. The first kappa shape index (κ1) is 25.7. The molecule has 3 heterocycles. The topological polar surface area (TPSA) is 210 Å². The molecule has 0 fully saturated rings. The van der Waals surface area contributed by atoms with Gasteiger partial charge in [0, 0.05) is 46.9 Å². The fourth-order valence-corrected chi connectivity index (χ4v) is 6.09. The summed E-state index contributed by atoms with van der Waals surface area (Å²) in [7, 11) is 0. The van der Waals surface area contributed by atoms with E-state index in [1.165, 1.54) is 42.5 Å². The van der Waals surface area contributed by atoms with Gasteiger partial charge in [-0.3, -0.25) is 0 Å². The monoisotopic (exact) mass is 576 g/mol. The Balaban J connectivity index is 1.47. The molecule has 5 atom stereocenters. The summed E-state index contributed by atoms with van der Waals surface area (Å²) in [6, 6.07) is 11.1. The Kier molecular flexibility index (Phi) is 5.30. The summed E-state index contributed by atoms with van der Waals surface area (Å²) in [5, 5.41) is 95.1. The highest BCUT2D eigenvalue weighted by Gasteiger charge is 2.60. The van der Waals surface area contributed by atoms with Gasteiger partial charge < -0.3 is 60.2 Å². The van der Waals surface area contributed by atoms with Gasteiger partial charge in [-0.1, -0.05) is 6.07 Å². The first-order valence-electron chi connectivity index (χ1n) is 12.9. The van der Waals surface area contributed by atoms with Gasteiger partial charge in [0.05, 0.1) is 12.0 Å². The van der Waals surface area contributed by atoms with Crippen molar-refractivity contribution in [2.75, 3.05) is 0 Å². The zero-order chi connectivity index (χ0) is 29.7. The molecule has 12 nitrogen and oxygen atoms in total. The van der Waals surface area contributed by atoms with E-state index in [9.17, 15) is 46.0 Å². The SMILES string of the molecule is Oc1cc(O)c2c(c1)O[C@@]1(c3ccc(O)c(O)c3)Oc3cc(O)c4c(c3[C@@H]2[C@H]1O)O[C@H](c1ccc(O)c(O)c1)[C@H](O)C4. The molecule has 0 radical (unpaired) electrons. The molecular weight excluding hydrogens is 552 g/mol. The number of aliphatic hydroxyl groups excluding tert-OH is 2. The average Bonchev–Trinajstić information content (AvgIpc) is 2.92. The zero-order valence-electron chi connectivity index (χ0n) is 21.5. The number of phenols is 7. The van der Waals surface area contributed by atoms with Gasteiger partial charge in [-0.05, 0) is 35.9 Å². The van der Waals surface area contributed by atoms with Gasteiger partial charge in [-0.25, -0.2) is 0 Å². The number of hydrogen-bond donors (Lipinski definition) is 9. The normalized spacial score (nSPS) is 25.2. The predicted molar refractivity (Wildman–Crippen MR) is 141 cm³/mol. The van der Waals surface area contributed by atoms with Crippen LogP contribution in [-0.4, -0.2) is 58.2 Å². The minimum absolute atomic E-state index is 0.0177. The van der Waals surface area contributed by atoms with Crippen LogP contribution in [0.2, 0.25) is 0 Å². The lowest BCUT2D eigenvalue weighted by molar-refractivity contribution is -0.219. The van der Waals surface area contributed by atoms with Crippen molar-refractivity contribution >= 4 is 0 Å². The maximum absolute atomic E-state index is 11.9. The summed E-state index contributed by atoms with van der Waals surface area (Å²) in [5.74, 6) is -6.11. The third kappa shape index (κ3) is 3.49. The summed E-state index contributed by atoms with van der Waals surface area (Å²) in [6.45, 7) is 0. The molecule has 4 aromatic carbocycles. The highest BCUT2D eigenvalue weighted by Crippen LogP contribution is 2.62. The molecule has 3 aliphatic rings. The van der Waals surface area contributed by atoms with E-state index in [1.54, 1.807) is 0 Å². The summed E-state index contributed by atoms with van der Waals surface area (Å²) in [4.78, 5) is 0. The smallest absolute Gasteiger partial charge is 0.305 e. The number of aliphatic hydroxyl groups is 2. The Morgan fingerprint density at radius 3 is 2.00 bits per heavy atom. The van der Waals surface area contributed by atoms with Crippen molar-refractivity contribution in [3.8, 4) is 57.5 Å². The highest BCUT2D eigenvalue weighted by molar-refractivity contribution is 5.68. The number of phenolic OH excluding ortho intramolecular Hbond substituents is 7. The standard InChI is InChI=1S/C30H24O12/c31-13-7-20(37)24-22(8-13)41-30(12-2-4-16(33)19(36)6-12)29(39)26(24)25-23(42-30)10-17(34)14-9-21(38)27(40-28(14)25)11-1-3-15(32)18(35)5-11/h1-8,10,21,26-27,29,31-39H,9H2/t21-,26-,27-,29-,30+/m1/s1. The van der Waals surface area contributed by atoms with E-state index in [1.807, 2.05) is 0 Å². The van der Waals surface area contributed by atoms with E-state index >= 15 is 0 Å². The van der Waals surface area contributed by atoms with Crippen LogP contribution in [0.5, 0.6) is 57.5 Å². The van der Waals surface area contributed by atoms with Crippen LogP contribution >= 0.6 is 0 Å². The summed E-state index contributed by atoms with van der Waals surface area (Å²) < 4.78 is 18.6. The van der Waals surface area contributed by atoms with Gasteiger partial charge in [0.15, 0.2) is 23.0 Å². The molecule has 0 saturated carbocycles. The third-order valence-corrected chi connectivity index (χ3v) is 8.03. The van der Waals surface area contributed by atoms with E-state index in [0.29, 0.717) is 5.56 Å². The molecule has 0 spiro atoms. The van der Waals surface area contributed by atoms with Crippen LogP contribution in [0, 0.1) is 0 Å². The Hall–Kier alpha value is -5.20. The van der Waals surface area contributed by atoms with Gasteiger partial charge in [-0.15, -0.1) is 0 Å². The number of ether oxygens (including phenoxy) is 3. The number of benzene rings is 4. The predicted octanol–water partition coefficient (Wildman–Crippen LogP) is 2.79. The largest absolute Gasteiger partial charge is 0.508 e. The van der Waals surface area contributed by atoms with Crippen molar-refractivity contribution in [1.82, 2.24) is 0 Å². The fraction of sp³-hybridized carbons (Fsp3) is 0.200. The second-order valence-electron chi connectivity index (χ2n) is 10.5. The van der Waals surface area contributed by atoms with Gasteiger partial charge in [0.25, 0.3) is 0 Å². The van der Waals surface area contributed by atoms with Gasteiger partial charge in [0.2, 0.25) is 0 Å². The van der Waals surface area contributed by atoms with Crippen molar-refractivity contribution in [2.45, 2.75) is 36.4 Å². The lowest BCUT2D eigenvalue weighted by Gasteiger charge is -2.50. The van der Waals surface area contributed by atoms with Crippen LogP contribution in [0.3, 0.4) is 0 Å². The zero-order valence-corrected chi connectivity index (χ0v) is 21.5. The molecule has 9 N–H and O–H groups in total. The Morgan fingerprint density at radius 2 is 1.31 bits per heavy atom. The molecule has 0 unspecified atom stereocenters. The maximum atomic E-state index is 11.9. The molecule has 12 heteroatoms. The van der Waals surface area contributed by atoms with E-state index < -0.39 is 53.0 Å². The Morgan fingerprint density at radius 1 is 0.643 bits per heavy atom. The van der Waals surface area contributed by atoms with Crippen LogP contribution in [-0.2, 0) is 12.2 Å². The fourth-order valence-electron chi connectivity index (χ4n) is 6.09. The van der Waals surface area contributed by atoms with E-state index in [2.05, 4.69) is 0 Å². The number of fused-ring (bicyclic) bond motifs is 8. The van der Waals surface area contributed by atoms with Crippen molar-refractivity contribution < 1.29 is 60.2 Å². The van der Waals surface area contributed by atoms with Gasteiger partial charge in [0.1, 0.15) is 46.7 Å². The Labute approximate surface area is 236 Å². The minimum atomic E-state index is -2.09. The summed E-state index contributed by atoms with van der Waals surface area (Å²) >= 11 is 0. The number of rotatable bonds is 2. The second kappa shape index (κ2) is 8.65. The Bertz CT molecular complexity index is 1790. The number of aromatic hydroxyl groups is 7. The quantitative estimate of drug-likeness (QED) is 0.158. The lowest BCUT2D eigenvalue weighted by atomic mass is 9.74. The van der Waals surface area contributed by atoms with Crippen molar-refractivity contribution in [1.29, 1.82) is 0 Å². The van der Waals surface area contributed by atoms with E-state index in [-0.39, 0.29) is 63.2 Å². The molecule has 2 bridgehead atoms. The van der Waals surface area contributed by atoms with Crippen LogP contribution < -0.4 is 14.2 Å². The van der Waals surface area contributed by atoms with Crippen molar-refractivity contribution in [2.24, 2.45) is 0 Å². The molecule has 42 heavy (non-hydrogen) atoms. The van der Waals surface area contributed by atoms with Crippen LogP contribution in [0.25, 0.3) is 0 Å². The number of hydrogen-bond acceptors (Lipinski definition) is 12. The van der Waals surface area contributed by atoms with Crippen LogP contribution in [0.15, 0.2) is 54.6 Å². The first-order chi connectivity index (χ1) is 20.0. The molecule has 0 saturated heterocycles. The molecule has 0 amide bonds. The average molecular weight is 577 g/mol. The van der Waals surface area contributed by atoms with Crippen LogP contribution in [0.4, 0.5) is 0 Å². The molecule has 7 rings (SSSR count). The molecule has 0 aromatic heterocycles. The van der Waals surface area contributed by atoms with E-state index in [4.69, 9.17) is 14.2 Å². The lowest BCUT2D eigenvalue weighted by Crippen LogP contribution is -2.57. The summed E-state index contributed by atoms with van der Waals surface area (Å²) in [5.41, 5.74) is 0.842. The van der Waals surface area contributed by atoms with Crippen LogP contribution in [0.1, 0.15) is 39.8 Å². The van der Waals surface area contributed by atoms with E-state index in [0.717, 1.165) is 12.1 Å². The summed E-state index contributed by atoms with van der Waals surface area (Å²) in [6.07, 6.45) is -4.00. The van der Waals surface area contributed by atoms with Gasteiger partial charge >= 0.3 is 5.79 Å². The first-order valence-corrected chi connectivity index (χ1v) is 12.9. The van der Waals surface area contributed by atoms with Crippen molar-refractivity contribution in [3.05, 3.63) is 82.4 Å². The molecule has 3 aliphatic heterocycles. The molecular formula is C30H24O12. The minimum Gasteiger partial charge on any atom is -0.508 e. The van der Waals surface area contributed by atoms with Crippen molar-refractivity contribution in [3.63, 3.8) is 0 Å². The van der Waals surface area contributed by atoms with Gasteiger partial charge in [-0.2, -0.15) is 0 Å². The molecule has 0 aliphatic carbocycles. The third-order valence-electron chi connectivity index (χ3n) is 8.03.